The summed E-state index contributed by atoms with van der Waals surface area (Å²) in [6, 6.07) is 17.0. The maximum atomic E-state index is 12.5. The molecule has 4 aromatic rings. The summed E-state index contributed by atoms with van der Waals surface area (Å²) in [4.78, 5) is 21.6. The lowest BCUT2D eigenvalue weighted by atomic mass is 10.2. The first-order valence-electron chi connectivity index (χ1n) is 8.15. The predicted octanol–water partition coefficient (Wildman–Crippen LogP) is 3.84. The molecule has 0 N–H and O–H groups in total. The van der Waals surface area contributed by atoms with Crippen molar-refractivity contribution in [3.8, 4) is 11.4 Å². The minimum Gasteiger partial charge on any atom is -0.338 e. The van der Waals surface area contributed by atoms with Gasteiger partial charge in [-0.2, -0.15) is 4.98 Å². The zero-order chi connectivity index (χ0) is 18.1. The van der Waals surface area contributed by atoms with E-state index in [1.165, 1.54) is 11.8 Å². The summed E-state index contributed by atoms with van der Waals surface area (Å²) in [6.45, 7) is 1.95. The maximum absolute atomic E-state index is 12.5. The van der Waals surface area contributed by atoms with Gasteiger partial charge in [-0.1, -0.05) is 59.4 Å². The van der Waals surface area contributed by atoms with Gasteiger partial charge in [0, 0.05) is 12.6 Å². The van der Waals surface area contributed by atoms with Gasteiger partial charge in [-0.25, -0.2) is 4.98 Å². The number of rotatable bonds is 4. The molecule has 0 bridgehead atoms. The highest BCUT2D eigenvalue weighted by molar-refractivity contribution is 7.99. The molecule has 0 aliphatic heterocycles. The minimum atomic E-state index is -0.140. The van der Waals surface area contributed by atoms with Gasteiger partial charge >= 0.3 is 0 Å². The van der Waals surface area contributed by atoms with E-state index in [2.05, 4.69) is 15.1 Å². The third-order valence-corrected chi connectivity index (χ3v) is 5.18. The van der Waals surface area contributed by atoms with E-state index in [-0.39, 0.29) is 10.8 Å². The van der Waals surface area contributed by atoms with E-state index in [0.717, 1.165) is 5.56 Å². The summed E-state index contributed by atoms with van der Waals surface area (Å²) in [5, 5.41) is 5.13. The van der Waals surface area contributed by atoms with Crippen LogP contribution in [-0.2, 0) is 7.05 Å². The second-order valence-corrected chi connectivity index (χ2v) is 7.17. The van der Waals surface area contributed by atoms with Crippen molar-refractivity contribution in [2.24, 2.45) is 7.05 Å². The third-order valence-electron chi connectivity index (χ3n) is 4.05. The van der Waals surface area contributed by atoms with Gasteiger partial charge in [-0.15, -0.1) is 0 Å². The Bertz CT molecular complexity index is 1120. The van der Waals surface area contributed by atoms with Crippen molar-refractivity contribution in [1.82, 2.24) is 19.7 Å². The van der Waals surface area contributed by atoms with Gasteiger partial charge in [-0.3, -0.25) is 9.36 Å². The lowest BCUT2D eigenvalue weighted by molar-refractivity contribution is 0.380. The van der Waals surface area contributed by atoms with Crippen LogP contribution < -0.4 is 5.56 Å². The molecule has 1 unspecified atom stereocenters. The van der Waals surface area contributed by atoms with E-state index >= 15 is 0 Å². The molecule has 0 fully saturated rings. The molecule has 1 atom stereocenters. The molecule has 130 valence electrons. The monoisotopic (exact) mass is 364 g/mol. The normalized spacial score (nSPS) is 12.4. The maximum Gasteiger partial charge on any atom is 0.261 e. The number of nitrogens with zero attached hydrogens (tertiary/aromatic N) is 4. The largest absolute Gasteiger partial charge is 0.338 e. The van der Waals surface area contributed by atoms with Crippen LogP contribution in [-0.4, -0.2) is 19.7 Å². The Labute approximate surface area is 153 Å². The molecule has 26 heavy (non-hydrogen) atoms. The van der Waals surface area contributed by atoms with E-state index in [1.54, 1.807) is 17.7 Å². The standard InChI is InChI=1S/C19H16N4O2S/c1-12(17-21-16(22-25-17)13-8-4-3-5-9-13)26-19-20-15-11-7-6-10-14(15)18(24)23(19)2/h3-12H,1-2H3. The Morgan fingerprint density at radius 3 is 2.58 bits per heavy atom. The number of hydrogen-bond acceptors (Lipinski definition) is 6. The van der Waals surface area contributed by atoms with Crippen LogP contribution in [0.5, 0.6) is 0 Å². The quantitative estimate of drug-likeness (QED) is 0.405. The average Bonchev–Trinajstić information content (AvgIpc) is 3.17. The van der Waals surface area contributed by atoms with Crippen molar-refractivity contribution in [2.75, 3.05) is 0 Å². The van der Waals surface area contributed by atoms with Crippen molar-refractivity contribution in [3.63, 3.8) is 0 Å². The second kappa shape index (κ2) is 6.76. The number of hydrogen-bond donors (Lipinski definition) is 0. The van der Waals surface area contributed by atoms with Crippen molar-refractivity contribution in [2.45, 2.75) is 17.3 Å². The van der Waals surface area contributed by atoms with Gasteiger partial charge < -0.3 is 4.52 Å². The molecule has 7 heteroatoms. The lowest BCUT2D eigenvalue weighted by Gasteiger charge is -2.10. The Morgan fingerprint density at radius 2 is 1.77 bits per heavy atom. The molecule has 0 saturated carbocycles. The number of fused-ring (bicyclic) bond motifs is 1. The molecule has 6 nitrogen and oxygen atoms in total. The first-order chi connectivity index (χ1) is 12.6. The molecule has 0 aliphatic rings. The van der Waals surface area contributed by atoms with Gasteiger partial charge in [0.1, 0.15) is 0 Å². The van der Waals surface area contributed by atoms with E-state index in [0.29, 0.717) is 27.8 Å². The van der Waals surface area contributed by atoms with E-state index < -0.39 is 0 Å². The van der Waals surface area contributed by atoms with Gasteiger partial charge in [0.05, 0.1) is 16.2 Å². The molecular weight excluding hydrogens is 348 g/mol. The van der Waals surface area contributed by atoms with Crippen LogP contribution in [0.25, 0.3) is 22.3 Å². The fourth-order valence-electron chi connectivity index (χ4n) is 2.62. The first kappa shape index (κ1) is 16.5. The molecule has 2 aromatic heterocycles. The third kappa shape index (κ3) is 3.01. The molecule has 0 radical (unpaired) electrons. The van der Waals surface area contributed by atoms with Crippen LogP contribution >= 0.6 is 11.8 Å². The molecule has 0 saturated heterocycles. The summed E-state index contributed by atoms with van der Waals surface area (Å²) >= 11 is 1.42. The zero-order valence-corrected chi connectivity index (χ0v) is 15.1. The van der Waals surface area contributed by atoms with Crippen LogP contribution in [0.4, 0.5) is 0 Å². The number of benzene rings is 2. The Hall–Kier alpha value is -2.93. The summed E-state index contributed by atoms with van der Waals surface area (Å²) in [7, 11) is 1.72. The van der Waals surface area contributed by atoms with Crippen LogP contribution in [0.3, 0.4) is 0 Å². The predicted molar refractivity (Wildman–Crippen MR) is 101 cm³/mol. The van der Waals surface area contributed by atoms with Crippen LogP contribution in [0.15, 0.2) is 69.1 Å². The van der Waals surface area contributed by atoms with Crippen molar-refractivity contribution in [1.29, 1.82) is 0 Å². The van der Waals surface area contributed by atoms with E-state index in [4.69, 9.17) is 4.52 Å². The summed E-state index contributed by atoms with van der Waals surface area (Å²) in [5.41, 5.74) is 1.51. The highest BCUT2D eigenvalue weighted by atomic mass is 32.2. The molecule has 2 aromatic carbocycles. The summed E-state index contributed by atoms with van der Waals surface area (Å²) in [6.07, 6.45) is 0. The van der Waals surface area contributed by atoms with Crippen LogP contribution in [0, 0.1) is 0 Å². The zero-order valence-electron chi connectivity index (χ0n) is 14.3. The first-order valence-corrected chi connectivity index (χ1v) is 9.03. The SMILES string of the molecule is CC(Sc1nc2ccccc2c(=O)n1C)c1nc(-c2ccccc2)no1. The van der Waals surface area contributed by atoms with Gasteiger partial charge in [-0.05, 0) is 19.1 Å². The highest BCUT2D eigenvalue weighted by Crippen LogP contribution is 2.33. The number of aromatic nitrogens is 4. The molecule has 0 amide bonds. The van der Waals surface area contributed by atoms with Gasteiger partial charge in [0.15, 0.2) is 5.16 Å². The smallest absolute Gasteiger partial charge is 0.261 e. The van der Waals surface area contributed by atoms with Crippen molar-refractivity contribution >= 4 is 22.7 Å². The van der Waals surface area contributed by atoms with Gasteiger partial charge in [0.2, 0.25) is 11.7 Å². The molecular formula is C19H16N4O2S. The van der Waals surface area contributed by atoms with E-state index in [1.807, 2.05) is 55.5 Å². The lowest BCUT2D eigenvalue weighted by Crippen LogP contribution is -2.20. The van der Waals surface area contributed by atoms with E-state index in [9.17, 15) is 4.79 Å². The molecule has 0 spiro atoms. The minimum absolute atomic E-state index is 0.0687. The number of para-hydroxylation sites is 1. The Morgan fingerprint density at radius 1 is 1.04 bits per heavy atom. The highest BCUT2D eigenvalue weighted by Gasteiger charge is 2.19. The molecule has 0 aliphatic carbocycles. The van der Waals surface area contributed by atoms with Crippen LogP contribution in [0.2, 0.25) is 0 Å². The van der Waals surface area contributed by atoms with Crippen molar-refractivity contribution in [3.05, 3.63) is 70.8 Å². The molecule has 4 rings (SSSR count). The van der Waals surface area contributed by atoms with Crippen LogP contribution in [0.1, 0.15) is 18.1 Å². The fraction of sp³-hybridized carbons (Fsp3) is 0.158. The fourth-order valence-corrected chi connectivity index (χ4v) is 3.52. The summed E-state index contributed by atoms with van der Waals surface area (Å²) in [5.74, 6) is 1.05. The summed E-state index contributed by atoms with van der Waals surface area (Å²) < 4.78 is 6.97. The second-order valence-electron chi connectivity index (χ2n) is 5.86. The Balaban J connectivity index is 1.64. The number of thioether (sulfide) groups is 1. The molecule has 2 heterocycles. The topological polar surface area (TPSA) is 73.8 Å². The Kier molecular flexibility index (Phi) is 4.30. The van der Waals surface area contributed by atoms with Gasteiger partial charge in [0.25, 0.3) is 5.56 Å². The average molecular weight is 364 g/mol. The van der Waals surface area contributed by atoms with Crippen molar-refractivity contribution < 1.29 is 4.52 Å².